The Kier molecular flexibility index (Phi) is 6.77. The second kappa shape index (κ2) is 8.95. The molecule has 0 aromatic carbocycles. The first kappa shape index (κ1) is 26.4. The molecule has 0 radical (unpaired) electrons. The number of hydrogen-bond acceptors (Lipinski definition) is 4. The summed E-state index contributed by atoms with van der Waals surface area (Å²) in [5.41, 5.74) is -0.601. The molecule has 0 amide bonds. The molecule has 0 unspecified atom stereocenters. The first-order valence-corrected chi connectivity index (χ1v) is 14.9. The number of ether oxygens (including phenoxy) is 2. The highest BCUT2D eigenvalue weighted by molar-refractivity contribution is 5.15. The van der Waals surface area contributed by atoms with Gasteiger partial charge in [-0.15, -0.1) is 0 Å². The van der Waals surface area contributed by atoms with Crippen molar-refractivity contribution in [3.05, 3.63) is 0 Å². The van der Waals surface area contributed by atoms with Crippen LogP contribution in [0.3, 0.4) is 0 Å². The average molecular weight is 491 g/mol. The first-order chi connectivity index (χ1) is 16.4. The van der Waals surface area contributed by atoms with Gasteiger partial charge in [0.25, 0.3) is 0 Å². The van der Waals surface area contributed by atoms with Crippen LogP contribution < -0.4 is 0 Å². The minimum atomic E-state index is -0.688. The van der Waals surface area contributed by atoms with E-state index in [2.05, 4.69) is 34.6 Å². The Morgan fingerprint density at radius 1 is 1.00 bits per heavy atom. The van der Waals surface area contributed by atoms with Crippen LogP contribution in [0.4, 0.5) is 0 Å². The summed E-state index contributed by atoms with van der Waals surface area (Å²) in [6.07, 6.45) is 11.7. The Morgan fingerprint density at radius 3 is 2.31 bits per heavy atom. The van der Waals surface area contributed by atoms with Crippen LogP contribution in [0.25, 0.3) is 0 Å². The van der Waals surface area contributed by atoms with Crippen LogP contribution in [0.5, 0.6) is 0 Å². The molecule has 5 saturated carbocycles. The van der Waals surface area contributed by atoms with Gasteiger partial charge in [0.1, 0.15) is 0 Å². The smallest absolute Gasteiger partial charge is 0.167 e. The van der Waals surface area contributed by atoms with Gasteiger partial charge in [0.2, 0.25) is 0 Å². The highest BCUT2D eigenvalue weighted by atomic mass is 16.7. The molecule has 5 aliphatic rings. The van der Waals surface area contributed by atoms with E-state index in [0.29, 0.717) is 29.6 Å². The lowest BCUT2D eigenvalue weighted by atomic mass is 9.43. The van der Waals surface area contributed by atoms with Crippen LogP contribution in [-0.2, 0) is 9.47 Å². The van der Waals surface area contributed by atoms with Crippen LogP contribution in [0, 0.1) is 58.2 Å². The monoisotopic (exact) mass is 490 g/mol. The van der Waals surface area contributed by atoms with E-state index >= 15 is 0 Å². The molecule has 35 heavy (non-hydrogen) atoms. The number of rotatable bonds is 7. The summed E-state index contributed by atoms with van der Waals surface area (Å²) in [6, 6.07) is 0. The van der Waals surface area contributed by atoms with Crippen LogP contribution in [-0.4, -0.2) is 41.9 Å². The van der Waals surface area contributed by atoms with Crippen LogP contribution >= 0.6 is 0 Å². The highest BCUT2D eigenvalue weighted by Gasteiger charge is 2.66. The lowest BCUT2D eigenvalue weighted by Gasteiger charge is -2.63. The molecule has 12 atom stereocenters. The molecule has 0 bridgehead atoms. The molecule has 0 aromatic rings. The molecule has 5 aliphatic carbocycles. The number of methoxy groups -OCH3 is 2. The van der Waals surface area contributed by atoms with Crippen molar-refractivity contribution in [1.29, 1.82) is 0 Å². The SMILES string of the molecule is COC1(OC)CC[C@@]2(C)[C@@H](CC[C@@H]3[C@@H]2C[C@@H](O)[C@@]2(C)[C@H]3CC[C@@H]2[C@@](C)(O)CC[C@@H](C)[C@@H]2C[C@H]2C)C1. The number of aliphatic hydroxyl groups excluding tert-OH is 1. The Bertz CT molecular complexity index is 776. The Morgan fingerprint density at radius 2 is 1.69 bits per heavy atom. The average Bonchev–Trinajstić information content (AvgIpc) is 3.44. The predicted octanol–water partition coefficient (Wildman–Crippen LogP) is 6.43. The van der Waals surface area contributed by atoms with Crippen molar-refractivity contribution in [3.63, 3.8) is 0 Å². The molecule has 0 aliphatic heterocycles. The molecule has 4 heteroatoms. The van der Waals surface area contributed by atoms with E-state index in [4.69, 9.17) is 9.47 Å². The number of fused-ring (bicyclic) bond motifs is 5. The van der Waals surface area contributed by atoms with Gasteiger partial charge in [-0.05, 0) is 117 Å². The Balaban J connectivity index is 1.33. The van der Waals surface area contributed by atoms with Crippen molar-refractivity contribution >= 4 is 0 Å². The number of aliphatic hydroxyl groups is 2. The molecule has 4 nitrogen and oxygen atoms in total. The second-order valence-corrected chi connectivity index (χ2v) is 14.7. The third-order valence-corrected chi connectivity index (χ3v) is 13.3. The predicted molar refractivity (Wildman–Crippen MR) is 140 cm³/mol. The second-order valence-electron chi connectivity index (χ2n) is 14.7. The highest BCUT2D eigenvalue weighted by Crippen LogP contribution is 2.69. The van der Waals surface area contributed by atoms with Crippen molar-refractivity contribution in [1.82, 2.24) is 0 Å². The van der Waals surface area contributed by atoms with Gasteiger partial charge in [-0.25, -0.2) is 0 Å². The van der Waals surface area contributed by atoms with Crippen molar-refractivity contribution < 1.29 is 19.7 Å². The van der Waals surface area contributed by atoms with Crippen molar-refractivity contribution in [3.8, 4) is 0 Å². The van der Waals surface area contributed by atoms with E-state index in [1.54, 1.807) is 14.2 Å². The van der Waals surface area contributed by atoms with Gasteiger partial charge >= 0.3 is 0 Å². The zero-order valence-electron chi connectivity index (χ0n) is 23.7. The fourth-order valence-electron chi connectivity index (χ4n) is 10.7. The quantitative estimate of drug-likeness (QED) is 0.404. The number of hydrogen-bond donors (Lipinski definition) is 2. The van der Waals surface area contributed by atoms with Crippen LogP contribution in [0.15, 0.2) is 0 Å². The minimum absolute atomic E-state index is 0.165. The van der Waals surface area contributed by atoms with Gasteiger partial charge in [0, 0.05) is 32.5 Å². The molecular weight excluding hydrogens is 436 g/mol. The third kappa shape index (κ3) is 4.07. The van der Waals surface area contributed by atoms with Crippen LogP contribution in [0.1, 0.15) is 105 Å². The van der Waals surface area contributed by atoms with E-state index in [9.17, 15) is 10.2 Å². The molecule has 2 N–H and O–H groups in total. The minimum Gasteiger partial charge on any atom is -0.393 e. The van der Waals surface area contributed by atoms with E-state index in [0.717, 1.165) is 56.8 Å². The third-order valence-electron chi connectivity index (χ3n) is 13.3. The molecule has 202 valence electrons. The Labute approximate surface area is 214 Å². The molecule has 0 saturated heterocycles. The van der Waals surface area contributed by atoms with Crippen molar-refractivity contribution in [2.75, 3.05) is 14.2 Å². The summed E-state index contributed by atoms with van der Waals surface area (Å²) in [5.74, 6) is 4.58. The fourth-order valence-corrected chi connectivity index (χ4v) is 10.7. The molecular formula is C31H54O4. The summed E-state index contributed by atoms with van der Waals surface area (Å²) < 4.78 is 11.8. The standard InChI is InChI=1S/C31H54O4/c1-19(23-16-20(23)2)12-13-29(4,33)26-11-10-24-22-9-8-21-18-31(34-6,35-7)15-14-28(21,3)25(22)17-27(32)30(24,26)5/h19-27,32-33H,8-18H2,1-7H3/t19-,20-,21+,22+,23+,24+,25+,26-,27-,28+,29+,30+/m1/s1. The molecule has 5 rings (SSSR count). The molecule has 5 fully saturated rings. The van der Waals surface area contributed by atoms with Crippen LogP contribution in [0.2, 0.25) is 0 Å². The first-order valence-electron chi connectivity index (χ1n) is 14.9. The molecule has 0 aromatic heterocycles. The van der Waals surface area contributed by atoms with Gasteiger partial charge in [0.05, 0.1) is 11.7 Å². The zero-order valence-corrected chi connectivity index (χ0v) is 23.7. The normalized spacial score (nSPS) is 51.0. The zero-order chi connectivity index (χ0) is 25.4. The lowest BCUT2D eigenvalue weighted by Crippen LogP contribution is -2.61. The van der Waals surface area contributed by atoms with Gasteiger partial charge in [-0.3, -0.25) is 0 Å². The summed E-state index contributed by atoms with van der Waals surface area (Å²) in [6.45, 7) is 11.7. The summed E-state index contributed by atoms with van der Waals surface area (Å²) in [7, 11) is 3.59. The summed E-state index contributed by atoms with van der Waals surface area (Å²) in [4.78, 5) is 0. The fraction of sp³-hybridized carbons (Fsp3) is 1.00. The van der Waals surface area contributed by atoms with Crippen molar-refractivity contribution in [2.45, 2.75) is 123 Å². The van der Waals surface area contributed by atoms with E-state index in [-0.39, 0.29) is 22.9 Å². The lowest BCUT2D eigenvalue weighted by molar-refractivity contribution is -0.266. The van der Waals surface area contributed by atoms with Gasteiger partial charge in [0.15, 0.2) is 5.79 Å². The summed E-state index contributed by atoms with van der Waals surface area (Å²) in [5, 5.41) is 23.7. The topological polar surface area (TPSA) is 58.9 Å². The largest absolute Gasteiger partial charge is 0.393 e. The maximum atomic E-state index is 11.9. The maximum absolute atomic E-state index is 11.9. The van der Waals surface area contributed by atoms with E-state index in [1.165, 1.54) is 25.7 Å². The van der Waals surface area contributed by atoms with Crippen molar-refractivity contribution in [2.24, 2.45) is 58.2 Å². The van der Waals surface area contributed by atoms with E-state index < -0.39 is 11.4 Å². The Hall–Kier alpha value is -0.160. The van der Waals surface area contributed by atoms with E-state index in [1.807, 2.05) is 0 Å². The molecule has 0 heterocycles. The van der Waals surface area contributed by atoms with Gasteiger partial charge in [-0.1, -0.05) is 27.7 Å². The summed E-state index contributed by atoms with van der Waals surface area (Å²) >= 11 is 0. The maximum Gasteiger partial charge on any atom is 0.167 e. The molecule has 0 spiro atoms. The van der Waals surface area contributed by atoms with Gasteiger partial charge in [-0.2, -0.15) is 0 Å². The van der Waals surface area contributed by atoms with Gasteiger partial charge < -0.3 is 19.7 Å².